The van der Waals surface area contributed by atoms with Crippen molar-refractivity contribution in [3.63, 3.8) is 0 Å². The molecule has 1 aliphatic rings. The summed E-state index contributed by atoms with van der Waals surface area (Å²) < 4.78 is 1.46. The number of fused-ring (bicyclic) bond motifs is 1. The molecule has 0 radical (unpaired) electrons. The molecule has 3 rings (SSSR count). The number of Topliss-reactive ketones (excluding diaryl/α,β-unsaturated/α-hetero) is 1. The number of anilines is 1. The summed E-state index contributed by atoms with van der Waals surface area (Å²) in [6.45, 7) is 1.73. The van der Waals surface area contributed by atoms with Crippen molar-refractivity contribution in [2.24, 2.45) is 7.05 Å². The van der Waals surface area contributed by atoms with E-state index in [2.05, 4.69) is 10.4 Å². The van der Waals surface area contributed by atoms with Gasteiger partial charge in [0.25, 0.3) is 0 Å². The summed E-state index contributed by atoms with van der Waals surface area (Å²) in [4.78, 5) is 24.6. The monoisotopic (exact) mass is 267 g/mol. The fourth-order valence-electron chi connectivity index (χ4n) is 2.38. The van der Waals surface area contributed by atoms with Crippen LogP contribution in [0.25, 0.3) is 0 Å². The van der Waals surface area contributed by atoms with E-state index in [9.17, 15) is 9.59 Å². The van der Waals surface area contributed by atoms with Crippen molar-refractivity contribution in [1.29, 1.82) is 0 Å². The molecule has 1 aliphatic carbocycles. The molecule has 20 heavy (non-hydrogen) atoms. The van der Waals surface area contributed by atoms with Gasteiger partial charge in [-0.1, -0.05) is 18.2 Å². The number of para-hydroxylation sites is 1. The van der Waals surface area contributed by atoms with Gasteiger partial charge in [-0.2, -0.15) is 5.10 Å². The first kappa shape index (κ1) is 12.3. The Balaban J connectivity index is 2.02. The predicted molar refractivity (Wildman–Crippen MR) is 74.8 cm³/mol. The number of carbonyl (C=O) groups excluding carboxylic acids is 2. The van der Waals surface area contributed by atoms with Crippen molar-refractivity contribution < 1.29 is 9.59 Å². The number of ketones is 2. The lowest BCUT2D eigenvalue weighted by Gasteiger charge is -2.14. The van der Waals surface area contributed by atoms with Crippen LogP contribution >= 0.6 is 0 Å². The van der Waals surface area contributed by atoms with Gasteiger partial charge in [0.15, 0.2) is 0 Å². The molecule has 0 fully saturated rings. The smallest absolute Gasteiger partial charge is 0.213 e. The molecule has 5 heteroatoms. The highest BCUT2D eigenvalue weighted by Crippen LogP contribution is 2.24. The van der Waals surface area contributed by atoms with E-state index in [4.69, 9.17) is 0 Å². The second-order valence-electron chi connectivity index (χ2n) is 4.68. The van der Waals surface area contributed by atoms with Crippen LogP contribution in [0.1, 0.15) is 26.5 Å². The molecule has 1 N–H and O–H groups in total. The van der Waals surface area contributed by atoms with Crippen LogP contribution in [-0.4, -0.2) is 21.3 Å². The zero-order valence-electron chi connectivity index (χ0n) is 11.2. The Morgan fingerprint density at radius 1 is 1.15 bits per heavy atom. The van der Waals surface area contributed by atoms with Crippen LogP contribution in [-0.2, 0) is 7.05 Å². The van der Waals surface area contributed by atoms with Crippen molar-refractivity contribution in [1.82, 2.24) is 9.78 Å². The second-order valence-corrected chi connectivity index (χ2v) is 4.68. The molecule has 0 aliphatic heterocycles. The van der Waals surface area contributed by atoms with E-state index in [1.165, 1.54) is 10.8 Å². The summed E-state index contributed by atoms with van der Waals surface area (Å²) >= 11 is 0. The van der Waals surface area contributed by atoms with Gasteiger partial charge in [-0.25, -0.2) is 0 Å². The first-order chi connectivity index (χ1) is 9.58. The molecule has 1 aromatic carbocycles. The quantitative estimate of drug-likeness (QED) is 0.905. The summed E-state index contributed by atoms with van der Waals surface area (Å²) in [5, 5.41) is 7.14. The van der Waals surface area contributed by atoms with Crippen LogP contribution in [0.3, 0.4) is 0 Å². The van der Waals surface area contributed by atoms with Gasteiger partial charge in [-0.15, -0.1) is 0 Å². The van der Waals surface area contributed by atoms with Gasteiger partial charge < -0.3 is 5.32 Å². The normalized spacial score (nSPS) is 14.0. The number of rotatable bonds is 2. The lowest BCUT2D eigenvalue weighted by Crippen LogP contribution is -2.22. The first-order valence-corrected chi connectivity index (χ1v) is 6.24. The minimum atomic E-state index is -0.207. The number of nitrogens with one attached hydrogen (secondary N) is 1. The largest absolute Gasteiger partial charge is 0.352 e. The maximum atomic E-state index is 12.5. The third-order valence-electron chi connectivity index (χ3n) is 3.26. The Hall–Kier alpha value is -2.69. The zero-order chi connectivity index (χ0) is 14.3. The number of nitrogens with zero attached hydrogens (tertiary/aromatic N) is 2. The number of aryl methyl sites for hydroxylation is 2. The van der Waals surface area contributed by atoms with Crippen molar-refractivity contribution in [3.05, 3.63) is 59.1 Å². The number of hydrogen-bond acceptors (Lipinski definition) is 4. The molecule has 1 aromatic heterocycles. The minimum Gasteiger partial charge on any atom is -0.352 e. The molecule has 5 nitrogen and oxygen atoms in total. The average molecular weight is 267 g/mol. The van der Waals surface area contributed by atoms with Crippen molar-refractivity contribution in [2.75, 3.05) is 5.32 Å². The van der Waals surface area contributed by atoms with Crippen LogP contribution in [0.2, 0.25) is 0 Å². The third-order valence-corrected chi connectivity index (χ3v) is 3.26. The lowest BCUT2D eigenvalue weighted by molar-refractivity contribution is 0.0980. The molecular formula is C15H13N3O2. The number of carbonyl (C=O) groups is 2. The highest BCUT2D eigenvalue weighted by molar-refractivity contribution is 6.25. The van der Waals surface area contributed by atoms with Gasteiger partial charge in [-0.05, 0) is 19.1 Å². The van der Waals surface area contributed by atoms with Gasteiger partial charge in [0.05, 0.1) is 17.0 Å². The van der Waals surface area contributed by atoms with Crippen molar-refractivity contribution in [3.8, 4) is 0 Å². The van der Waals surface area contributed by atoms with E-state index in [-0.39, 0.29) is 17.3 Å². The van der Waals surface area contributed by atoms with E-state index in [1.807, 2.05) is 30.3 Å². The SMILES string of the molecule is Cc1nn(C)c2c1C(=O)C(Nc1ccccc1)=CC2=O. The molecule has 0 bridgehead atoms. The van der Waals surface area contributed by atoms with E-state index in [1.54, 1.807) is 14.0 Å². The Kier molecular flexibility index (Phi) is 2.75. The molecule has 0 amide bonds. The number of hydrogen-bond donors (Lipinski definition) is 1. The number of aromatic nitrogens is 2. The third kappa shape index (κ3) is 1.84. The van der Waals surface area contributed by atoms with Crippen molar-refractivity contribution in [2.45, 2.75) is 6.92 Å². The maximum absolute atomic E-state index is 12.5. The van der Waals surface area contributed by atoms with E-state index >= 15 is 0 Å². The summed E-state index contributed by atoms with van der Waals surface area (Å²) in [6.07, 6.45) is 1.33. The fourth-order valence-corrected chi connectivity index (χ4v) is 2.38. The lowest BCUT2D eigenvalue weighted by atomic mass is 9.96. The minimum absolute atomic E-state index is 0.200. The Labute approximate surface area is 115 Å². The Bertz CT molecular complexity index is 742. The van der Waals surface area contributed by atoms with Crippen molar-refractivity contribution >= 4 is 17.3 Å². The zero-order valence-corrected chi connectivity index (χ0v) is 11.2. The predicted octanol–water partition coefficient (Wildman–Crippen LogP) is 2.10. The van der Waals surface area contributed by atoms with E-state index < -0.39 is 0 Å². The van der Waals surface area contributed by atoms with Gasteiger partial charge in [-0.3, -0.25) is 14.3 Å². The number of allylic oxidation sites excluding steroid dienone is 2. The van der Waals surface area contributed by atoms with Crippen LogP contribution in [0.4, 0.5) is 5.69 Å². The molecule has 100 valence electrons. The molecule has 2 aromatic rings. The number of benzene rings is 1. The summed E-state index contributed by atoms with van der Waals surface area (Å²) in [6, 6.07) is 9.28. The summed E-state index contributed by atoms with van der Waals surface area (Å²) in [7, 11) is 1.67. The fraction of sp³-hybridized carbons (Fsp3) is 0.133. The molecule has 1 heterocycles. The highest BCUT2D eigenvalue weighted by atomic mass is 16.1. The molecule has 0 spiro atoms. The molecule has 0 saturated heterocycles. The van der Waals surface area contributed by atoms with Gasteiger partial charge in [0.1, 0.15) is 5.69 Å². The Morgan fingerprint density at radius 2 is 1.85 bits per heavy atom. The molecule has 0 unspecified atom stereocenters. The molecule has 0 saturated carbocycles. The summed E-state index contributed by atoms with van der Waals surface area (Å²) in [5.74, 6) is -0.407. The van der Waals surface area contributed by atoms with Crippen LogP contribution in [0.15, 0.2) is 42.1 Å². The average Bonchev–Trinajstić information content (AvgIpc) is 2.72. The highest BCUT2D eigenvalue weighted by Gasteiger charge is 2.31. The van der Waals surface area contributed by atoms with E-state index in [0.29, 0.717) is 17.0 Å². The van der Waals surface area contributed by atoms with Crippen LogP contribution in [0, 0.1) is 6.92 Å². The Morgan fingerprint density at radius 3 is 2.55 bits per heavy atom. The topological polar surface area (TPSA) is 64.0 Å². The molecule has 0 atom stereocenters. The van der Waals surface area contributed by atoms with Crippen LogP contribution < -0.4 is 5.32 Å². The standard InChI is InChI=1S/C15H13N3O2/c1-9-13-14(18(2)17-9)12(19)8-11(15(13)20)16-10-6-4-3-5-7-10/h3-8,16H,1-2H3. The molecular weight excluding hydrogens is 254 g/mol. The van der Waals surface area contributed by atoms with Gasteiger partial charge in [0.2, 0.25) is 11.6 Å². The summed E-state index contributed by atoms with van der Waals surface area (Å²) in [5.41, 5.74) is 2.36. The van der Waals surface area contributed by atoms with Gasteiger partial charge >= 0.3 is 0 Å². The van der Waals surface area contributed by atoms with Crippen LogP contribution in [0.5, 0.6) is 0 Å². The van der Waals surface area contributed by atoms with Gasteiger partial charge in [0, 0.05) is 18.8 Å². The first-order valence-electron chi connectivity index (χ1n) is 6.24. The maximum Gasteiger partial charge on any atom is 0.213 e. The van der Waals surface area contributed by atoms with E-state index in [0.717, 1.165) is 5.69 Å². The second kappa shape index (κ2) is 4.45.